The molecule has 0 aliphatic carbocycles. The summed E-state index contributed by atoms with van der Waals surface area (Å²) >= 11 is 0. The molecule has 4 N–H and O–H groups in total. The van der Waals surface area contributed by atoms with E-state index in [2.05, 4.69) is 0 Å². The molecule has 0 saturated heterocycles. The Morgan fingerprint density at radius 2 is 1.80 bits per heavy atom. The fourth-order valence-electron chi connectivity index (χ4n) is 1.22. The van der Waals surface area contributed by atoms with E-state index in [0.717, 1.165) is 0 Å². The van der Waals surface area contributed by atoms with Crippen molar-refractivity contribution in [1.29, 1.82) is 0 Å². The molecular formula is C10H21N3O2. The number of hydrogen-bond acceptors (Lipinski definition) is 3. The van der Waals surface area contributed by atoms with Crippen LogP contribution in [-0.4, -0.2) is 35.3 Å². The lowest BCUT2D eigenvalue weighted by molar-refractivity contribution is -0.137. The lowest BCUT2D eigenvalue weighted by atomic mass is 10.1. The summed E-state index contributed by atoms with van der Waals surface area (Å²) in [5.74, 6) is -0.557. The number of rotatable bonds is 6. The normalized spacial score (nSPS) is 12.6. The molecule has 1 atom stereocenters. The molecule has 0 rings (SSSR count). The van der Waals surface area contributed by atoms with Gasteiger partial charge in [0.05, 0.1) is 6.54 Å². The van der Waals surface area contributed by atoms with Gasteiger partial charge in [-0.2, -0.15) is 0 Å². The van der Waals surface area contributed by atoms with Crippen LogP contribution in [0.15, 0.2) is 0 Å². The first kappa shape index (κ1) is 13.9. The number of nitrogens with zero attached hydrogens (tertiary/aromatic N) is 1. The molecule has 5 nitrogen and oxygen atoms in total. The predicted octanol–water partition coefficient (Wildman–Crippen LogP) is -0.164. The average Bonchev–Trinajstić information content (AvgIpc) is 2.09. The van der Waals surface area contributed by atoms with Gasteiger partial charge in [0, 0.05) is 18.5 Å². The molecule has 0 aromatic heterocycles. The second-order valence-electron chi connectivity index (χ2n) is 4.10. The molecule has 2 amide bonds. The van der Waals surface area contributed by atoms with Crippen LogP contribution in [0, 0.1) is 0 Å². The van der Waals surface area contributed by atoms with Crippen LogP contribution in [0.2, 0.25) is 0 Å². The van der Waals surface area contributed by atoms with E-state index < -0.39 is 5.91 Å². The first-order chi connectivity index (χ1) is 6.84. The van der Waals surface area contributed by atoms with Crippen molar-refractivity contribution in [2.24, 2.45) is 11.5 Å². The van der Waals surface area contributed by atoms with E-state index >= 15 is 0 Å². The maximum atomic E-state index is 11.7. The van der Waals surface area contributed by atoms with Crippen molar-refractivity contribution in [1.82, 2.24) is 4.90 Å². The van der Waals surface area contributed by atoms with Gasteiger partial charge in [0.2, 0.25) is 11.8 Å². The minimum Gasteiger partial charge on any atom is -0.368 e. The predicted molar refractivity (Wildman–Crippen MR) is 58.9 cm³/mol. The smallest absolute Gasteiger partial charge is 0.237 e. The lowest BCUT2D eigenvalue weighted by Gasteiger charge is -2.25. The lowest BCUT2D eigenvalue weighted by Crippen LogP contribution is -2.43. The SMILES string of the molecule is CC(N)CCC(=O)N(CC(N)=O)C(C)C. The molecule has 88 valence electrons. The second kappa shape index (κ2) is 6.40. The van der Waals surface area contributed by atoms with E-state index in [0.29, 0.717) is 12.8 Å². The van der Waals surface area contributed by atoms with Gasteiger partial charge in [-0.05, 0) is 27.2 Å². The maximum absolute atomic E-state index is 11.7. The Hall–Kier alpha value is -1.10. The highest BCUT2D eigenvalue weighted by Gasteiger charge is 2.18. The van der Waals surface area contributed by atoms with Crippen molar-refractivity contribution < 1.29 is 9.59 Å². The van der Waals surface area contributed by atoms with Gasteiger partial charge in [-0.25, -0.2) is 0 Å². The summed E-state index contributed by atoms with van der Waals surface area (Å²) in [5.41, 5.74) is 10.6. The van der Waals surface area contributed by atoms with Gasteiger partial charge in [-0.1, -0.05) is 0 Å². The molecule has 0 bridgehead atoms. The average molecular weight is 215 g/mol. The molecule has 0 aromatic rings. The zero-order valence-electron chi connectivity index (χ0n) is 9.69. The van der Waals surface area contributed by atoms with E-state index in [1.54, 1.807) is 0 Å². The number of carbonyl (C=O) groups excluding carboxylic acids is 2. The summed E-state index contributed by atoms with van der Waals surface area (Å²) in [4.78, 5) is 23.9. The van der Waals surface area contributed by atoms with Crippen LogP contribution in [0.3, 0.4) is 0 Å². The van der Waals surface area contributed by atoms with E-state index in [1.165, 1.54) is 4.90 Å². The van der Waals surface area contributed by atoms with Gasteiger partial charge in [0.25, 0.3) is 0 Å². The van der Waals surface area contributed by atoms with Crippen LogP contribution >= 0.6 is 0 Å². The fourth-order valence-corrected chi connectivity index (χ4v) is 1.22. The minimum atomic E-state index is -0.488. The summed E-state index contributed by atoms with van der Waals surface area (Å²) < 4.78 is 0. The largest absolute Gasteiger partial charge is 0.368 e. The summed E-state index contributed by atoms with van der Waals surface area (Å²) in [5, 5.41) is 0. The van der Waals surface area contributed by atoms with E-state index in [4.69, 9.17) is 11.5 Å². The van der Waals surface area contributed by atoms with Crippen LogP contribution in [0.25, 0.3) is 0 Å². The Labute approximate surface area is 90.8 Å². The van der Waals surface area contributed by atoms with E-state index in [9.17, 15) is 9.59 Å². The minimum absolute atomic E-state index is 0.00320. The van der Waals surface area contributed by atoms with Gasteiger partial charge >= 0.3 is 0 Å². The molecule has 0 saturated carbocycles. The Morgan fingerprint density at radius 3 is 2.13 bits per heavy atom. The fraction of sp³-hybridized carbons (Fsp3) is 0.800. The number of carbonyl (C=O) groups is 2. The molecule has 5 heteroatoms. The number of nitrogens with two attached hydrogens (primary N) is 2. The first-order valence-corrected chi connectivity index (χ1v) is 5.18. The Morgan fingerprint density at radius 1 is 1.27 bits per heavy atom. The van der Waals surface area contributed by atoms with Crippen molar-refractivity contribution in [3.05, 3.63) is 0 Å². The molecule has 0 aliphatic rings. The van der Waals surface area contributed by atoms with Crippen LogP contribution in [-0.2, 0) is 9.59 Å². The van der Waals surface area contributed by atoms with Crippen LogP contribution in [0.5, 0.6) is 0 Å². The molecule has 0 spiro atoms. The van der Waals surface area contributed by atoms with Crippen molar-refractivity contribution in [2.75, 3.05) is 6.54 Å². The highest BCUT2D eigenvalue weighted by Crippen LogP contribution is 2.04. The van der Waals surface area contributed by atoms with E-state index in [1.807, 2.05) is 20.8 Å². The zero-order chi connectivity index (χ0) is 12.0. The third-order valence-corrected chi connectivity index (χ3v) is 2.08. The van der Waals surface area contributed by atoms with Crippen LogP contribution in [0.4, 0.5) is 0 Å². The quantitative estimate of drug-likeness (QED) is 0.645. The van der Waals surface area contributed by atoms with Crippen molar-refractivity contribution in [3.8, 4) is 0 Å². The molecule has 0 heterocycles. The Balaban J connectivity index is 4.23. The Kier molecular flexibility index (Phi) is 5.93. The summed E-state index contributed by atoms with van der Waals surface area (Å²) in [6, 6.07) is -0.0189. The summed E-state index contributed by atoms with van der Waals surface area (Å²) in [6.45, 7) is 5.54. The second-order valence-corrected chi connectivity index (χ2v) is 4.10. The van der Waals surface area contributed by atoms with Gasteiger partial charge < -0.3 is 16.4 Å². The molecule has 0 aliphatic heterocycles. The molecule has 15 heavy (non-hydrogen) atoms. The van der Waals surface area contributed by atoms with Gasteiger partial charge in [-0.3, -0.25) is 9.59 Å². The van der Waals surface area contributed by atoms with Crippen LogP contribution < -0.4 is 11.5 Å². The first-order valence-electron chi connectivity index (χ1n) is 5.18. The van der Waals surface area contributed by atoms with Crippen molar-refractivity contribution in [2.45, 2.75) is 45.7 Å². The van der Waals surface area contributed by atoms with E-state index in [-0.39, 0.29) is 24.5 Å². The van der Waals surface area contributed by atoms with Crippen molar-refractivity contribution in [3.63, 3.8) is 0 Å². The third kappa shape index (κ3) is 6.06. The number of hydrogen-bond donors (Lipinski definition) is 2. The topological polar surface area (TPSA) is 89.4 Å². The van der Waals surface area contributed by atoms with Gasteiger partial charge in [0.15, 0.2) is 0 Å². The van der Waals surface area contributed by atoms with Crippen molar-refractivity contribution >= 4 is 11.8 Å². The standard InChI is InChI=1S/C10H21N3O2/c1-7(2)13(6-9(12)14)10(15)5-4-8(3)11/h7-8H,4-6,11H2,1-3H3,(H2,12,14). The van der Waals surface area contributed by atoms with Crippen LogP contribution in [0.1, 0.15) is 33.6 Å². The zero-order valence-corrected chi connectivity index (χ0v) is 9.69. The summed E-state index contributed by atoms with van der Waals surface area (Å²) in [7, 11) is 0. The molecule has 0 aromatic carbocycles. The Bertz CT molecular complexity index is 227. The molecule has 0 fully saturated rings. The van der Waals surface area contributed by atoms with Gasteiger partial charge in [-0.15, -0.1) is 0 Å². The highest BCUT2D eigenvalue weighted by atomic mass is 16.2. The number of primary amides is 1. The monoisotopic (exact) mass is 215 g/mol. The third-order valence-electron chi connectivity index (χ3n) is 2.08. The maximum Gasteiger partial charge on any atom is 0.237 e. The molecular weight excluding hydrogens is 194 g/mol. The molecule has 0 radical (unpaired) electrons. The molecule has 1 unspecified atom stereocenters. The number of amides is 2. The van der Waals surface area contributed by atoms with Gasteiger partial charge in [0.1, 0.15) is 0 Å². The highest BCUT2D eigenvalue weighted by molar-refractivity contribution is 5.84. The summed E-state index contributed by atoms with van der Waals surface area (Å²) in [6.07, 6.45) is 0.990.